The molecule has 4 heteroatoms. The number of hydrogen-bond acceptors (Lipinski definition) is 3. The maximum Gasteiger partial charge on any atom is 0.141 e. The highest BCUT2D eigenvalue weighted by Crippen LogP contribution is 2.24. The van der Waals surface area contributed by atoms with Crippen molar-refractivity contribution < 1.29 is 0 Å². The summed E-state index contributed by atoms with van der Waals surface area (Å²) in [5.41, 5.74) is 0. The van der Waals surface area contributed by atoms with Crippen molar-refractivity contribution in [2.45, 2.75) is 58.7 Å². The fraction of sp³-hybridized carbons (Fsp3) is 0.833. The Morgan fingerprint density at radius 2 is 2.31 bits per heavy atom. The molecule has 1 N–H and O–H groups in total. The highest BCUT2D eigenvalue weighted by Gasteiger charge is 2.21. The van der Waals surface area contributed by atoms with Gasteiger partial charge in [-0.1, -0.05) is 6.92 Å². The average molecular weight is 222 g/mol. The highest BCUT2D eigenvalue weighted by atomic mass is 15.4. The van der Waals surface area contributed by atoms with E-state index in [0.29, 0.717) is 12.1 Å². The molecular formula is C12H22N4. The van der Waals surface area contributed by atoms with Gasteiger partial charge in [0.1, 0.15) is 12.2 Å². The SMILES string of the molecule is CC1CCC(NCc2ncnn2C(C)C)C1. The molecule has 2 rings (SSSR count). The smallest absolute Gasteiger partial charge is 0.141 e. The highest BCUT2D eigenvalue weighted by molar-refractivity contribution is 4.88. The molecule has 0 bridgehead atoms. The van der Waals surface area contributed by atoms with Gasteiger partial charge in [-0.05, 0) is 39.0 Å². The molecule has 0 aromatic carbocycles. The second kappa shape index (κ2) is 4.95. The van der Waals surface area contributed by atoms with Gasteiger partial charge in [-0.25, -0.2) is 9.67 Å². The average Bonchev–Trinajstić information content (AvgIpc) is 2.83. The molecule has 0 radical (unpaired) electrons. The molecule has 16 heavy (non-hydrogen) atoms. The van der Waals surface area contributed by atoms with Crippen LogP contribution in [0.3, 0.4) is 0 Å². The van der Waals surface area contributed by atoms with Crippen molar-refractivity contribution in [3.05, 3.63) is 12.2 Å². The number of aromatic nitrogens is 3. The number of rotatable bonds is 4. The summed E-state index contributed by atoms with van der Waals surface area (Å²) in [4.78, 5) is 4.31. The molecule has 1 fully saturated rings. The topological polar surface area (TPSA) is 42.7 Å². The van der Waals surface area contributed by atoms with Gasteiger partial charge in [-0.2, -0.15) is 5.10 Å². The molecule has 2 atom stereocenters. The largest absolute Gasteiger partial charge is 0.307 e. The van der Waals surface area contributed by atoms with Crippen molar-refractivity contribution in [2.24, 2.45) is 5.92 Å². The molecule has 1 saturated carbocycles. The van der Waals surface area contributed by atoms with Gasteiger partial charge in [-0.15, -0.1) is 0 Å². The molecule has 1 heterocycles. The van der Waals surface area contributed by atoms with E-state index in [9.17, 15) is 0 Å². The van der Waals surface area contributed by atoms with Crippen LogP contribution in [0.4, 0.5) is 0 Å². The minimum Gasteiger partial charge on any atom is -0.307 e. The normalized spacial score (nSPS) is 25.5. The van der Waals surface area contributed by atoms with Crippen LogP contribution in [-0.4, -0.2) is 20.8 Å². The quantitative estimate of drug-likeness (QED) is 0.848. The summed E-state index contributed by atoms with van der Waals surface area (Å²) in [6.07, 6.45) is 5.61. The first-order valence-electron chi connectivity index (χ1n) is 6.28. The van der Waals surface area contributed by atoms with Crippen LogP contribution in [0.2, 0.25) is 0 Å². The minimum atomic E-state index is 0.391. The molecule has 1 aliphatic rings. The molecule has 4 nitrogen and oxygen atoms in total. The third-order valence-corrected chi connectivity index (χ3v) is 3.38. The van der Waals surface area contributed by atoms with Gasteiger partial charge in [0.05, 0.1) is 6.54 Å². The molecule has 0 saturated heterocycles. The first kappa shape index (κ1) is 11.6. The number of hydrogen-bond donors (Lipinski definition) is 1. The fourth-order valence-electron chi connectivity index (χ4n) is 2.46. The Morgan fingerprint density at radius 3 is 2.94 bits per heavy atom. The van der Waals surface area contributed by atoms with E-state index in [2.05, 4.69) is 36.2 Å². The molecule has 1 aromatic heterocycles. The lowest BCUT2D eigenvalue weighted by atomic mass is 10.1. The summed E-state index contributed by atoms with van der Waals surface area (Å²) < 4.78 is 1.99. The molecule has 0 spiro atoms. The zero-order valence-corrected chi connectivity index (χ0v) is 10.5. The van der Waals surface area contributed by atoms with Crippen molar-refractivity contribution in [1.82, 2.24) is 20.1 Å². The summed E-state index contributed by atoms with van der Waals surface area (Å²) in [6, 6.07) is 1.06. The van der Waals surface area contributed by atoms with E-state index in [0.717, 1.165) is 18.3 Å². The molecule has 1 aromatic rings. The third-order valence-electron chi connectivity index (χ3n) is 3.38. The van der Waals surface area contributed by atoms with E-state index in [1.807, 2.05) is 4.68 Å². The van der Waals surface area contributed by atoms with Crippen molar-refractivity contribution in [1.29, 1.82) is 0 Å². The minimum absolute atomic E-state index is 0.391. The van der Waals surface area contributed by atoms with E-state index >= 15 is 0 Å². The van der Waals surface area contributed by atoms with Gasteiger partial charge in [0.25, 0.3) is 0 Å². The Balaban J connectivity index is 1.87. The van der Waals surface area contributed by atoms with Gasteiger partial charge in [0.2, 0.25) is 0 Å². The Labute approximate surface area is 97.5 Å². The fourth-order valence-corrected chi connectivity index (χ4v) is 2.46. The van der Waals surface area contributed by atoms with Crippen LogP contribution in [0.15, 0.2) is 6.33 Å². The van der Waals surface area contributed by atoms with Crippen LogP contribution >= 0.6 is 0 Å². The summed E-state index contributed by atoms with van der Waals surface area (Å²) in [5, 5.41) is 7.83. The molecular weight excluding hydrogens is 200 g/mol. The second-order valence-electron chi connectivity index (χ2n) is 5.21. The third kappa shape index (κ3) is 2.61. The lowest BCUT2D eigenvalue weighted by Gasteiger charge is -2.14. The van der Waals surface area contributed by atoms with E-state index < -0.39 is 0 Å². The van der Waals surface area contributed by atoms with E-state index in [1.54, 1.807) is 6.33 Å². The first-order valence-corrected chi connectivity index (χ1v) is 6.28. The van der Waals surface area contributed by atoms with Crippen LogP contribution in [0.5, 0.6) is 0 Å². The van der Waals surface area contributed by atoms with Gasteiger partial charge in [0.15, 0.2) is 0 Å². The summed E-state index contributed by atoms with van der Waals surface area (Å²) in [7, 11) is 0. The van der Waals surface area contributed by atoms with Gasteiger partial charge in [-0.3, -0.25) is 0 Å². The predicted molar refractivity (Wildman–Crippen MR) is 64.0 cm³/mol. The number of nitrogens with zero attached hydrogens (tertiary/aromatic N) is 3. The Hall–Kier alpha value is -0.900. The second-order valence-corrected chi connectivity index (χ2v) is 5.21. The van der Waals surface area contributed by atoms with Crippen molar-refractivity contribution in [3.63, 3.8) is 0 Å². The van der Waals surface area contributed by atoms with E-state index in [4.69, 9.17) is 0 Å². The van der Waals surface area contributed by atoms with Crippen molar-refractivity contribution in [3.8, 4) is 0 Å². The van der Waals surface area contributed by atoms with E-state index in [1.165, 1.54) is 19.3 Å². The molecule has 2 unspecified atom stereocenters. The van der Waals surface area contributed by atoms with E-state index in [-0.39, 0.29) is 0 Å². The van der Waals surface area contributed by atoms with Crippen molar-refractivity contribution >= 4 is 0 Å². The molecule has 90 valence electrons. The van der Waals surface area contributed by atoms with Crippen LogP contribution in [0, 0.1) is 5.92 Å². The van der Waals surface area contributed by atoms with Crippen molar-refractivity contribution in [2.75, 3.05) is 0 Å². The zero-order chi connectivity index (χ0) is 11.5. The van der Waals surface area contributed by atoms with Crippen LogP contribution in [-0.2, 0) is 6.54 Å². The Morgan fingerprint density at radius 1 is 1.50 bits per heavy atom. The summed E-state index contributed by atoms with van der Waals surface area (Å²) >= 11 is 0. The van der Waals surface area contributed by atoms with Crippen LogP contribution in [0.25, 0.3) is 0 Å². The number of nitrogens with one attached hydrogen (secondary N) is 1. The van der Waals surface area contributed by atoms with Gasteiger partial charge in [0, 0.05) is 12.1 Å². The maximum atomic E-state index is 4.31. The first-order chi connectivity index (χ1) is 7.66. The molecule has 0 amide bonds. The van der Waals surface area contributed by atoms with Gasteiger partial charge < -0.3 is 5.32 Å². The standard InChI is InChI=1S/C12H22N4/c1-9(2)16-12(14-8-15-16)7-13-11-5-4-10(3)6-11/h8-11,13H,4-7H2,1-3H3. The Bertz CT molecular complexity index is 332. The zero-order valence-electron chi connectivity index (χ0n) is 10.5. The van der Waals surface area contributed by atoms with Crippen LogP contribution < -0.4 is 5.32 Å². The summed E-state index contributed by atoms with van der Waals surface area (Å²) in [6.45, 7) is 7.44. The monoisotopic (exact) mass is 222 g/mol. The predicted octanol–water partition coefficient (Wildman–Crippen LogP) is 2.14. The lowest BCUT2D eigenvalue weighted by Crippen LogP contribution is -2.27. The van der Waals surface area contributed by atoms with Crippen LogP contribution in [0.1, 0.15) is 51.9 Å². The molecule has 0 aliphatic heterocycles. The van der Waals surface area contributed by atoms with Gasteiger partial charge >= 0.3 is 0 Å². The maximum absolute atomic E-state index is 4.31. The Kier molecular flexibility index (Phi) is 3.59. The summed E-state index contributed by atoms with van der Waals surface area (Å²) in [5.74, 6) is 1.93. The molecule has 1 aliphatic carbocycles. The lowest BCUT2D eigenvalue weighted by molar-refractivity contribution is 0.453.